The summed E-state index contributed by atoms with van der Waals surface area (Å²) in [5.41, 5.74) is 2.24. The first-order valence-electron chi connectivity index (χ1n) is 6.97. The van der Waals surface area contributed by atoms with Gasteiger partial charge in [-0.25, -0.2) is 8.42 Å². The van der Waals surface area contributed by atoms with E-state index in [2.05, 4.69) is 5.32 Å². The molecule has 1 amide bonds. The smallest absolute Gasteiger partial charge is 0.220 e. The van der Waals surface area contributed by atoms with Crippen molar-refractivity contribution in [2.24, 2.45) is 5.92 Å². The minimum atomic E-state index is -2.93. The fourth-order valence-corrected chi connectivity index (χ4v) is 4.30. The summed E-state index contributed by atoms with van der Waals surface area (Å²) in [5, 5.41) is 2.86. The van der Waals surface area contributed by atoms with Crippen molar-refractivity contribution in [1.29, 1.82) is 0 Å². The molecule has 1 atom stereocenters. The van der Waals surface area contributed by atoms with Crippen molar-refractivity contribution in [2.75, 3.05) is 11.5 Å². The van der Waals surface area contributed by atoms with Crippen LogP contribution in [0.5, 0.6) is 0 Å². The summed E-state index contributed by atoms with van der Waals surface area (Å²) in [6.07, 6.45) is 1.82. The molecule has 0 saturated carbocycles. The van der Waals surface area contributed by atoms with Crippen LogP contribution in [0.25, 0.3) is 0 Å². The number of rotatable bonds is 4. The van der Waals surface area contributed by atoms with E-state index in [0.717, 1.165) is 12.0 Å². The van der Waals surface area contributed by atoms with E-state index in [1.165, 1.54) is 5.56 Å². The van der Waals surface area contributed by atoms with Crippen LogP contribution < -0.4 is 5.32 Å². The number of carbonyl (C=O) groups excluding carboxylic acids is 1. The topological polar surface area (TPSA) is 63.2 Å². The highest BCUT2D eigenvalue weighted by atomic mass is 32.2. The number of nitrogens with one attached hydrogen (secondary N) is 1. The van der Waals surface area contributed by atoms with Crippen LogP contribution in [0.2, 0.25) is 0 Å². The van der Waals surface area contributed by atoms with Crippen LogP contribution in [0.4, 0.5) is 0 Å². The first-order chi connectivity index (χ1) is 9.44. The molecule has 1 N–H and O–H groups in total. The maximum Gasteiger partial charge on any atom is 0.220 e. The number of benzene rings is 1. The number of aryl methyl sites for hydroxylation is 1. The Morgan fingerprint density at radius 3 is 2.65 bits per heavy atom. The van der Waals surface area contributed by atoms with Gasteiger partial charge in [0.15, 0.2) is 9.84 Å². The number of hydrogen-bond acceptors (Lipinski definition) is 3. The molecule has 1 aliphatic rings. The molecule has 0 aromatic heterocycles. The third-order valence-electron chi connectivity index (χ3n) is 3.64. The highest BCUT2D eigenvalue weighted by Gasteiger charge is 2.26. The molecule has 20 heavy (non-hydrogen) atoms. The van der Waals surface area contributed by atoms with Crippen molar-refractivity contribution in [3.63, 3.8) is 0 Å². The second-order valence-electron chi connectivity index (χ2n) is 5.59. The van der Waals surface area contributed by atoms with Gasteiger partial charge in [0.1, 0.15) is 0 Å². The molecule has 0 spiro atoms. The lowest BCUT2D eigenvalue weighted by Gasteiger charge is -2.21. The van der Waals surface area contributed by atoms with Crippen LogP contribution >= 0.6 is 0 Å². The van der Waals surface area contributed by atoms with E-state index in [9.17, 15) is 13.2 Å². The molecule has 2 rings (SSSR count). The molecule has 1 unspecified atom stereocenters. The van der Waals surface area contributed by atoms with E-state index in [-0.39, 0.29) is 23.3 Å². The quantitative estimate of drug-likeness (QED) is 0.921. The third kappa shape index (κ3) is 4.63. The number of carbonyl (C=O) groups is 1. The van der Waals surface area contributed by atoms with Crippen molar-refractivity contribution < 1.29 is 13.2 Å². The number of sulfone groups is 1. The van der Waals surface area contributed by atoms with E-state index in [1.54, 1.807) is 0 Å². The molecule has 1 aliphatic heterocycles. The van der Waals surface area contributed by atoms with Gasteiger partial charge >= 0.3 is 0 Å². The predicted octanol–water partition coefficient (Wildman–Crippen LogP) is 1.83. The SMILES string of the molecule is Cc1ccc(CNC(=O)CC2CCCS(=O)(=O)C2)cc1. The van der Waals surface area contributed by atoms with E-state index < -0.39 is 9.84 Å². The Bertz CT molecular complexity index is 563. The average Bonchev–Trinajstić information content (AvgIpc) is 2.37. The standard InChI is InChI=1S/C15H21NO3S/c1-12-4-6-13(7-5-12)10-16-15(17)9-14-3-2-8-20(18,19)11-14/h4-7,14H,2-3,8-11H2,1H3,(H,16,17). The van der Waals surface area contributed by atoms with Crippen molar-refractivity contribution in [3.8, 4) is 0 Å². The molecule has 1 aromatic rings. The normalized spacial score (nSPS) is 21.4. The molecule has 0 radical (unpaired) electrons. The Morgan fingerprint density at radius 1 is 1.30 bits per heavy atom. The lowest BCUT2D eigenvalue weighted by molar-refractivity contribution is -0.122. The van der Waals surface area contributed by atoms with Crippen LogP contribution in [-0.2, 0) is 21.2 Å². The number of hydrogen-bond donors (Lipinski definition) is 1. The van der Waals surface area contributed by atoms with Crippen LogP contribution in [0.15, 0.2) is 24.3 Å². The Labute approximate surface area is 120 Å². The van der Waals surface area contributed by atoms with Gasteiger partial charge in [0.2, 0.25) is 5.91 Å². The largest absolute Gasteiger partial charge is 0.352 e. The maximum atomic E-state index is 11.9. The molecule has 1 aromatic carbocycles. The lowest BCUT2D eigenvalue weighted by Crippen LogP contribution is -2.31. The minimum Gasteiger partial charge on any atom is -0.352 e. The summed E-state index contributed by atoms with van der Waals surface area (Å²) in [4.78, 5) is 11.9. The first kappa shape index (κ1) is 15.0. The van der Waals surface area contributed by atoms with Crippen molar-refractivity contribution >= 4 is 15.7 Å². The van der Waals surface area contributed by atoms with Crippen LogP contribution in [0.1, 0.15) is 30.4 Å². The molecule has 0 aliphatic carbocycles. The van der Waals surface area contributed by atoms with Crippen LogP contribution in [-0.4, -0.2) is 25.8 Å². The second-order valence-corrected chi connectivity index (χ2v) is 7.82. The summed E-state index contributed by atoms with van der Waals surface area (Å²) in [6, 6.07) is 7.99. The summed E-state index contributed by atoms with van der Waals surface area (Å²) in [6.45, 7) is 2.52. The fraction of sp³-hybridized carbons (Fsp3) is 0.533. The van der Waals surface area contributed by atoms with Crippen LogP contribution in [0.3, 0.4) is 0 Å². The van der Waals surface area contributed by atoms with E-state index in [0.29, 0.717) is 19.4 Å². The lowest BCUT2D eigenvalue weighted by atomic mass is 10.0. The van der Waals surface area contributed by atoms with Gasteiger partial charge < -0.3 is 5.32 Å². The highest BCUT2D eigenvalue weighted by molar-refractivity contribution is 7.91. The Balaban J connectivity index is 1.79. The summed E-state index contributed by atoms with van der Waals surface area (Å²) < 4.78 is 23.0. The van der Waals surface area contributed by atoms with Gasteiger partial charge in [-0.05, 0) is 31.2 Å². The Kier molecular flexibility index (Phi) is 4.81. The van der Waals surface area contributed by atoms with Gasteiger partial charge in [-0.1, -0.05) is 29.8 Å². The van der Waals surface area contributed by atoms with Gasteiger partial charge in [0.25, 0.3) is 0 Å². The average molecular weight is 295 g/mol. The molecule has 1 fully saturated rings. The maximum absolute atomic E-state index is 11.9. The Morgan fingerprint density at radius 2 is 2.00 bits per heavy atom. The summed E-state index contributed by atoms with van der Waals surface area (Å²) in [5.74, 6) is 0.346. The molecule has 4 nitrogen and oxygen atoms in total. The molecule has 1 saturated heterocycles. The minimum absolute atomic E-state index is 0.0215. The molecular weight excluding hydrogens is 274 g/mol. The van der Waals surface area contributed by atoms with Gasteiger partial charge in [-0.2, -0.15) is 0 Å². The Hall–Kier alpha value is -1.36. The van der Waals surface area contributed by atoms with Gasteiger partial charge in [0, 0.05) is 13.0 Å². The predicted molar refractivity (Wildman–Crippen MR) is 79.0 cm³/mol. The van der Waals surface area contributed by atoms with Crippen LogP contribution in [0, 0.1) is 12.8 Å². The summed E-state index contributed by atoms with van der Waals surface area (Å²) >= 11 is 0. The number of amides is 1. The summed E-state index contributed by atoms with van der Waals surface area (Å²) in [7, 11) is -2.93. The van der Waals surface area contributed by atoms with Gasteiger partial charge in [0.05, 0.1) is 11.5 Å². The zero-order chi connectivity index (χ0) is 14.6. The zero-order valence-electron chi connectivity index (χ0n) is 11.8. The van der Waals surface area contributed by atoms with E-state index in [1.807, 2.05) is 31.2 Å². The van der Waals surface area contributed by atoms with E-state index >= 15 is 0 Å². The van der Waals surface area contributed by atoms with Gasteiger partial charge in [-0.15, -0.1) is 0 Å². The van der Waals surface area contributed by atoms with Crippen molar-refractivity contribution in [3.05, 3.63) is 35.4 Å². The highest BCUT2D eigenvalue weighted by Crippen LogP contribution is 2.21. The molecular formula is C15H21NO3S. The van der Waals surface area contributed by atoms with Crippen molar-refractivity contribution in [1.82, 2.24) is 5.32 Å². The monoisotopic (exact) mass is 295 g/mol. The molecule has 0 bridgehead atoms. The molecule has 5 heteroatoms. The van der Waals surface area contributed by atoms with E-state index in [4.69, 9.17) is 0 Å². The molecule has 110 valence electrons. The van der Waals surface area contributed by atoms with Gasteiger partial charge in [-0.3, -0.25) is 4.79 Å². The fourth-order valence-electron chi connectivity index (χ4n) is 2.52. The van der Waals surface area contributed by atoms with Crippen molar-refractivity contribution in [2.45, 2.75) is 32.7 Å². The third-order valence-corrected chi connectivity index (χ3v) is 5.53. The second kappa shape index (κ2) is 6.39. The first-order valence-corrected chi connectivity index (χ1v) is 8.79. The molecule has 1 heterocycles. The zero-order valence-corrected chi connectivity index (χ0v) is 12.6.